The molecular formula is C66H123N2O7P. The zero-order chi connectivity index (χ0) is 55.7. The van der Waals surface area contributed by atoms with Crippen LogP contribution in [0.15, 0.2) is 60.8 Å². The van der Waals surface area contributed by atoms with Crippen LogP contribution in [0, 0.1) is 0 Å². The van der Waals surface area contributed by atoms with E-state index in [1.807, 2.05) is 33.3 Å². The fraction of sp³-hybridized carbons (Fsp3) is 0.818. The van der Waals surface area contributed by atoms with Crippen LogP contribution in [0.25, 0.3) is 0 Å². The fourth-order valence-corrected chi connectivity index (χ4v) is 9.96. The lowest BCUT2D eigenvalue weighted by molar-refractivity contribution is -0.870. The van der Waals surface area contributed by atoms with E-state index in [4.69, 9.17) is 13.8 Å². The van der Waals surface area contributed by atoms with Gasteiger partial charge < -0.3 is 28.5 Å². The molecule has 10 heteroatoms. The molecule has 0 heterocycles. The Labute approximate surface area is 471 Å². The number of esters is 1. The van der Waals surface area contributed by atoms with Gasteiger partial charge in [-0.25, -0.2) is 0 Å². The van der Waals surface area contributed by atoms with Crippen molar-refractivity contribution < 1.29 is 37.3 Å². The molecule has 0 spiro atoms. The number of ether oxygens (including phenoxy) is 1. The summed E-state index contributed by atoms with van der Waals surface area (Å²) in [4.78, 5) is 40.0. The number of rotatable bonds is 58. The highest BCUT2D eigenvalue weighted by Crippen LogP contribution is 2.38. The molecule has 0 aromatic heterocycles. The number of amides is 1. The maximum atomic E-state index is 13.5. The molecule has 76 heavy (non-hydrogen) atoms. The van der Waals surface area contributed by atoms with Crippen molar-refractivity contribution in [3.8, 4) is 0 Å². The summed E-state index contributed by atoms with van der Waals surface area (Å²) in [6, 6.07) is -0.891. The van der Waals surface area contributed by atoms with Gasteiger partial charge in [-0.15, -0.1) is 0 Å². The predicted molar refractivity (Wildman–Crippen MR) is 325 cm³/mol. The quantitative estimate of drug-likeness (QED) is 0.0212. The van der Waals surface area contributed by atoms with E-state index < -0.39 is 26.6 Å². The zero-order valence-corrected chi connectivity index (χ0v) is 51.6. The number of phosphoric acid groups is 1. The highest BCUT2D eigenvalue weighted by Gasteiger charge is 2.27. The highest BCUT2D eigenvalue weighted by molar-refractivity contribution is 7.45. The SMILES string of the molecule is CC/C=C/C/C=C/CCCCCCCCCC(=O)OC(/C=C\CCCCCCCCCCC)C(COP(=O)([O-])OCC[N+](C)(C)C)NC(=O)CCCCCCCCCCCCCCCCC/C=C\C/C=C\CCCCC. The molecule has 0 aromatic rings. The van der Waals surface area contributed by atoms with Gasteiger partial charge in [-0.2, -0.15) is 0 Å². The maximum absolute atomic E-state index is 13.5. The molecule has 1 amide bonds. The Balaban J connectivity index is 5.05. The van der Waals surface area contributed by atoms with E-state index in [1.165, 1.54) is 173 Å². The standard InChI is InChI=1S/C66H123N2O7P/c1-7-10-13-16-19-22-25-27-29-30-31-32-33-34-35-36-37-38-39-40-43-46-49-52-55-58-65(69)67-63(62-74-76(71,72)73-61-60-68(4,5)6)64(57-54-51-48-45-42-24-21-18-15-12-9-3)75-66(70)59-56-53-50-47-44-41-28-26-23-20-17-14-11-8-2/h11,14,19-20,22-23,27,29,54,57,63-64H,7-10,12-13,15-18,21,24-26,28,30-53,55-56,58-62H2,1-6H3,(H-,67,69,71,72)/b14-11+,22-19-,23-20+,29-27-,57-54-. The molecule has 0 bridgehead atoms. The third kappa shape index (κ3) is 56.4. The molecule has 3 atom stereocenters. The number of hydrogen-bond donors (Lipinski definition) is 1. The Hall–Kier alpha value is -2.29. The number of carbonyl (C=O) groups is 2. The summed E-state index contributed by atoms with van der Waals surface area (Å²) in [5.74, 6) is -0.544. The first-order valence-corrected chi connectivity index (χ1v) is 33.6. The Morgan fingerprint density at radius 3 is 1.28 bits per heavy atom. The van der Waals surface area contributed by atoms with Gasteiger partial charge in [0.05, 0.1) is 33.8 Å². The van der Waals surface area contributed by atoms with Crippen LogP contribution in [0.5, 0.6) is 0 Å². The van der Waals surface area contributed by atoms with Crippen molar-refractivity contribution >= 4 is 19.7 Å². The van der Waals surface area contributed by atoms with Crippen molar-refractivity contribution in [2.75, 3.05) is 40.9 Å². The molecule has 0 aliphatic heterocycles. The maximum Gasteiger partial charge on any atom is 0.306 e. The average molecular weight is 1090 g/mol. The molecule has 0 aliphatic rings. The van der Waals surface area contributed by atoms with Gasteiger partial charge in [0.1, 0.15) is 19.3 Å². The third-order valence-corrected chi connectivity index (χ3v) is 15.1. The first-order chi connectivity index (χ1) is 36.9. The van der Waals surface area contributed by atoms with E-state index in [2.05, 4.69) is 74.7 Å². The summed E-state index contributed by atoms with van der Waals surface area (Å²) >= 11 is 0. The van der Waals surface area contributed by atoms with Crippen LogP contribution >= 0.6 is 7.82 Å². The summed E-state index contributed by atoms with van der Waals surface area (Å²) in [7, 11) is 1.18. The second kappa shape index (κ2) is 56.0. The molecule has 9 nitrogen and oxygen atoms in total. The van der Waals surface area contributed by atoms with Crippen molar-refractivity contribution in [1.82, 2.24) is 5.32 Å². The Morgan fingerprint density at radius 1 is 0.474 bits per heavy atom. The second-order valence-corrected chi connectivity index (χ2v) is 24.3. The number of unbranched alkanes of at least 4 members (excludes halogenated alkanes) is 34. The summed E-state index contributed by atoms with van der Waals surface area (Å²) < 4.78 is 30.3. The predicted octanol–water partition coefficient (Wildman–Crippen LogP) is 19.2. The Bertz CT molecular complexity index is 1490. The summed E-state index contributed by atoms with van der Waals surface area (Å²) in [6.07, 6.45) is 70.5. The summed E-state index contributed by atoms with van der Waals surface area (Å²) in [5.41, 5.74) is 0. The number of nitrogens with one attached hydrogen (secondary N) is 1. The molecule has 0 aliphatic carbocycles. The smallest absolute Gasteiger partial charge is 0.306 e. The van der Waals surface area contributed by atoms with E-state index in [9.17, 15) is 19.0 Å². The van der Waals surface area contributed by atoms with E-state index in [0.717, 1.165) is 89.9 Å². The highest BCUT2D eigenvalue weighted by atomic mass is 31.2. The van der Waals surface area contributed by atoms with E-state index in [1.54, 1.807) is 0 Å². The van der Waals surface area contributed by atoms with Gasteiger partial charge in [0.15, 0.2) is 0 Å². The van der Waals surface area contributed by atoms with Gasteiger partial charge in [-0.1, -0.05) is 255 Å². The lowest BCUT2D eigenvalue weighted by atomic mass is 10.0. The molecular weight excluding hydrogens is 964 g/mol. The molecule has 0 rings (SSSR count). The van der Waals surface area contributed by atoms with Crippen molar-refractivity contribution in [2.24, 2.45) is 0 Å². The zero-order valence-electron chi connectivity index (χ0n) is 50.7. The first kappa shape index (κ1) is 73.7. The van der Waals surface area contributed by atoms with Crippen molar-refractivity contribution in [3.05, 3.63) is 60.8 Å². The van der Waals surface area contributed by atoms with Crippen molar-refractivity contribution in [2.45, 2.75) is 309 Å². The van der Waals surface area contributed by atoms with E-state index in [0.29, 0.717) is 17.4 Å². The number of quaternary nitrogens is 1. The summed E-state index contributed by atoms with van der Waals surface area (Å²) in [5, 5.41) is 3.03. The van der Waals surface area contributed by atoms with Crippen LogP contribution in [0.4, 0.5) is 0 Å². The van der Waals surface area contributed by atoms with Gasteiger partial charge >= 0.3 is 5.97 Å². The second-order valence-electron chi connectivity index (χ2n) is 22.9. The molecule has 444 valence electrons. The first-order valence-electron chi connectivity index (χ1n) is 32.1. The number of allylic oxidation sites excluding steroid dienone is 9. The third-order valence-electron chi connectivity index (χ3n) is 14.2. The topological polar surface area (TPSA) is 114 Å². The van der Waals surface area contributed by atoms with Gasteiger partial charge in [0.2, 0.25) is 5.91 Å². The fourth-order valence-electron chi connectivity index (χ4n) is 9.24. The minimum atomic E-state index is -4.70. The van der Waals surface area contributed by atoms with Crippen LogP contribution < -0.4 is 10.2 Å². The molecule has 0 saturated heterocycles. The lowest BCUT2D eigenvalue weighted by Crippen LogP contribution is -2.47. The number of carbonyl (C=O) groups excluding carboxylic acids is 2. The van der Waals surface area contributed by atoms with Gasteiger partial charge in [-0.3, -0.25) is 14.2 Å². The van der Waals surface area contributed by atoms with E-state index >= 15 is 0 Å². The van der Waals surface area contributed by atoms with Crippen LogP contribution in [0.3, 0.4) is 0 Å². The van der Waals surface area contributed by atoms with Crippen LogP contribution in [0.2, 0.25) is 0 Å². The number of phosphoric ester groups is 1. The lowest BCUT2D eigenvalue weighted by Gasteiger charge is -2.30. The molecule has 0 fully saturated rings. The summed E-state index contributed by atoms with van der Waals surface area (Å²) in [6.45, 7) is 6.72. The molecule has 1 N–H and O–H groups in total. The average Bonchev–Trinajstić information content (AvgIpc) is 3.38. The molecule has 3 unspecified atom stereocenters. The number of nitrogens with zero attached hydrogens (tertiary/aromatic N) is 1. The van der Waals surface area contributed by atoms with Crippen molar-refractivity contribution in [1.29, 1.82) is 0 Å². The van der Waals surface area contributed by atoms with Crippen LogP contribution in [0.1, 0.15) is 297 Å². The van der Waals surface area contributed by atoms with Gasteiger partial charge in [0, 0.05) is 12.8 Å². The van der Waals surface area contributed by atoms with Crippen LogP contribution in [-0.2, 0) is 27.9 Å². The largest absolute Gasteiger partial charge is 0.756 e. The molecule has 0 aromatic carbocycles. The van der Waals surface area contributed by atoms with Crippen molar-refractivity contribution in [3.63, 3.8) is 0 Å². The minimum Gasteiger partial charge on any atom is -0.756 e. The molecule has 0 radical (unpaired) electrons. The van der Waals surface area contributed by atoms with E-state index in [-0.39, 0.29) is 24.9 Å². The normalized spacial score (nSPS) is 14.0. The minimum absolute atomic E-state index is 0.0239. The number of hydrogen-bond acceptors (Lipinski definition) is 7. The van der Waals surface area contributed by atoms with Gasteiger partial charge in [-0.05, 0) is 89.5 Å². The molecule has 0 saturated carbocycles. The van der Waals surface area contributed by atoms with Crippen LogP contribution in [-0.4, -0.2) is 69.4 Å². The monoisotopic (exact) mass is 1090 g/mol. The Kier molecular flexibility index (Phi) is 54.3. The Morgan fingerprint density at radius 2 is 0.842 bits per heavy atom. The van der Waals surface area contributed by atoms with Gasteiger partial charge in [0.25, 0.3) is 7.82 Å². The number of likely N-dealkylation sites (N-methyl/N-ethyl adjacent to an activating group) is 1.